The summed E-state index contributed by atoms with van der Waals surface area (Å²) in [6.07, 6.45) is 4.52. The maximum Gasteiger partial charge on any atom is 0.130 e. The van der Waals surface area contributed by atoms with Crippen molar-refractivity contribution >= 4 is 27.5 Å². The van der Waals surface area contributed by atoms with Gasteiger partial charge in [-0.3, -0.25) is 0 Å². The summed E-state index contributed by atoms with van der Waals surface area (Å²) in [5.41, 5.74) is 0.243. The summed E-state index contributed by atoms with van der Waals surface area (Å²) in [6.45, 7) is 0. The Morgan fingerprint density at radius 3 is 2.59 bits per heavy atom. The number of hydrogen-bond acceptors (Lipinski definition) is 1. The first-order chi connectivity index (χ1) is 8.11. The number of halogens is 3. The Kier molecular flexibility index (Phi) is 4.45. The van der Waals surface area contributed by atoms with Gasteiger partial charge in [0.05, 0.1) is 11.1 Å². The Morgan fingerprint density at radius 2 is 1.94 bits per heavy atom. The zero-order valence-electron chi connectivity index (χ0n) is 9.43. The van der Waals surface area contributed by atoms with Crippen LogP contribution in [-0.2, 0) is 0 Å². The van der Waals surface area contributed by atoms with Crippen molar-refractivity contribution in [2.24, 2.45) is 5.92 Å². The van der Waals surface area contributed by atoms with E-state index in [0.717, 1.165) is 25.7 Å². The molecule has 0 spiro atoms. The van der Waals surface area contributed by atoms with Crippen LogP contribution < -0.4 is 0 Å². The molecule has 94 valence electrons. The van der Waals surface area contributed by atoms with Gasteiger partial charge in [-0.25, -0.2) is 4.39 Å². The molecule has 1 N–H and O–H groups in total. The first-order valence-electron chi connectivity index (χ1n) is 5.92. The minimum Gasteiger partial charge on any atom is -0.388 e. The molecule has 1 unspecified atom stereocenters. The Morgan fingerprint density at radius 1 is 1.29 bits per heavy atom. The molecule has 0 bridgehead atoms. The third-order valence-electron chi connectivity index (χ3n) is 3.47. The van der Waals surface area contributed by atoms with E-state index in [1.54, 1.807) is 6.07 Å². The van der Waals surface area contributed by atoms with Gasteiger partial charge in [0, 0.05) is 10.0 Å². The maximum absolute atomic E-state index is 13.8. The summed E-state index contributed by atoms with van der Waals surface area (Å²) in [5.74, 6) is -0.290. The highest BCUT2D eigenvalue weighted by Crippen LogP contribution is 2.40. The van der Waals surface area contributed by atoms with E-state index in [-0.39, 0.29) is 11.5 Å². The molecule has 0 radical (unpaired) electrons. The molecule has 1 aromatic carbocycles. The molecular weight excluding hydrogens is 306 g/mol. The van der Waals surface area contributed by atoms with E-state index >= 15 is 0 Å². The number of rotatable bonds is 2. The Bertz CT molecular complexity index is 405. The molecule has 0 aliphatic heterocycles. The van der Waals surface area contributed by atoms with Crippen molar-refractivity contribution in [2.45, 2.75) is 38.2 Å². The van der Waals surface area contributed by atoms with E-state index in [9.17, 15) is 9.50 Å². The van der Waals surface area contributed by atoms with Crippen LogP contribution in [0.5, 0.6) is 0 Å². The summed E-state index contributed by atoms with van der Waals surface area (Å²) in [7, 11) is 0. The van der Waals surface area contributed by atoms with Crippen molar-refractivity contribution in [3.63, 3.8) is 0 Å². The highest BCUT2D eigenvalue weighted by molar-refractivity contribution is 9.10. The average Bonchev–Trinajstić information content (AvgIpc) is 2.35. The van der Waals surface area contributed by atoms with E-state index < -0.39 is 11.9 Å². The molecule has 1 saturated carbocycles. The van der Waals surface area contributed by atoms with Gasteiger partial charge in [-0.2, -0.15) is 0 Å². The molecule has 1 aliphatic rings. The quantitative estimate of drug-likeness (QED) is 0.772. The van der Waals surface area contributed by atoms with Crippen LogP contribution >= 0.6 is 27.5 Å². The van der Waals surface area contributed by atoms with E-state index in [2.05, 4.69) is 15.9 Å². The zero-order valence-corrected chi connectivity index (χ0v) is 11.8. The highest BCUT2D eigenvalue weighted by Gasteiger charge is 2.27. The average molecular weight is 322 g/mol. The van der Waals surface area contributed by atoms with Crippen molar-refractivity contribution < 1.29 is 9.50 Å². The molecule has 4 heteroatoms. The van der Waals surface area contributed by atoms with Crippen molar-refractivity contribution in [1.29, 1.82) is 0 Å². The second-order valence-electron chi connectivity index (χ2n) is 4.60. The van der Waals surface area contributed by atoms with Crippen LogP contribution in [0.2, 0.25) is 5.02 Å². The molecule has 1 fully saturated rings. The minimum atomic E-state index is -0.791. The van der Waals surface area contributed by atoms with Crippen molar-refractivity contribution in [2.75, 3.05) is 0 Å². The molecule has 0 aromatic heterocycles. The first kappa shape index (κ1) is 13.3. The number of hydrogen-bond donors (Lipinski definition) is 1. The maximum atomic E-state index is 13.8. The summed E-state index contributed by atoms with van der Waals surface area (Å²) in [6, 6.07) is 2.91. The lowest BCUT2D eigenvalue weighted by Crippen LogP contribution is -2.17. The second kappa shape index (κ2) is 5.68. The van der Waals surface area contributed by atoms with Crippen LogP contribution in [0.25, 0.3) is 0 Å². The Balaban J connectivity index is 2.29. The molecule has 1 atom stereocenters. The van der Waals surface area contributed by atoms with Crippen LogP contribution in [0.3, 0.4) is 0 Å². The smallest absolute Gasteiger partial charge is 0.130 e. The predicted octanol–water partition coefficient (Wildman–Crippen LogP) is 4.86. The van der Waals surface area contributed by atoms with Gasteiger partial charge in [0.1, 0.15) is 5.82 Å². The zero-order chi connectivity index (χ0) is 12.4. The third-order valence-corrected chi connectivity index (χ3v) is 4.77. The molecule has 2 rings (SSSR count). The van der Waals surface area contributed by atoms with Gasteiger partial charge in [-0.15, -0.1) is 0 Å². The molecule has 0 heterocycles. The van der Waals surface area contributed by atoms with Gasteiger partial charge in [-0.1, -0.05) is 30.9 Å². The predicted molar refractivity (Wildman–Crippen MR) is 70.6 cm³/mol. The van der Waals surface area contributed by atoms with Crippen LogP contribution in [0.15, 0.2) is 16.6 Å². The molecule has 17 heavy (non-hydrogen) atoms. The van der Waals surface area contributed by atoms with Gasteiger partial charge < -0.3 is 5.11 Å². The molecule has 1 nitrogen and oxygen atoms in total. The lowest BCUT2D eigenvalue weighted by atomic mass is 9.82. The molecular formula is C13H15BrClFO. The van der Waals surface area contributed by atoms with Gasteiger partial charge in [0.15, 0.2) is 0 Å². The van der Waals surface area contributed by atoms with Crippen molar-refractivity contribution in [3.8, 4) is 0 Å². The van der Waals surface area contributed by atoms with Crippen LogP contribution in [0, 0.1) is 11.7 Å². The SMILES string of the molecule is OC(c1c(F)ccc(Br)c1Cl)C1CCCCC1. The van der Waals surface area contributed by atoms with Crippen LogP contribution in [0.1, 0.15) is 43.8 Å². The topological polar surface area (TPSA) is 20.2 Å². The highest BCUT2D eigenvalue weighted by atomic mass is 79.9. The first-order valence-corrected chi connectivity index (χ1v) is 7.10. The molecule has 1 aliphatic carbocycles. The molecule has 0 amide bonds. The standard InChI is InChI=1S/C13H15BrClFO/c14-9-6-7-10(16)11(12(9)15)13(17)8-4-2-1-3-5-8/h6-8,13,17H,1-5H2. The minimum absolute atomic E-state index is 0.130. The third kappa shape index (κ3) is 2.83. The second-order valence-corrected chi connectivity index (χ2v) is 5.83. The fourth-order valence-corrected chi connectivity index (χ4v) is 3.11. The normalized spacial score (nSPS) is 19.3. The van der Waals surface area contributed by atoms with Gasteiger partial charge >= 0.3 is 0 Å². The summed E-state index contributed by atoms with van der Waals surface area (Å²) >= 11 is 9.33. The van der Waals surface area contributed by atoms with E-state index in [0.29, 0.717) is 9.50 Å². The van der Waals surface area contributed by atoms with E-state index in [4.69, 9.17) is 11.6 Å². The molecule has 1 aromatic rings. The monoisotopic (exact) mass is 320 g/mol. The van der Waals surface area contributed by atoms with Gasteiger partial charge in [0.25, 0.3) is 0 Å². The fourth-order valence-electron chi connectivity index (χ4n) is 2.50. The Hall–Kier alpha value is -0.120. The fraction of sp³-hybridized carbons (Fsp3) is 0.538. The van der Waals surface area contributed by atoms with Gasteiger partial charge in [-0.05, 0) is 46.8 Å². The van der Waals surface area contributed by atoms with Crippen molar-refractivity contribution in [1.82, 2.24) is 0 Å². The number of benzene rings is 1. The van der Waals surface area contributed by atoms with Crippen molar-refractivity contribution in [3.05, 3.63) is 33.0 Å². The van der Waals surface area contributed by atoms with E-state index in [1.807, 2.05) is 0 Å². The number of aliphatic hydroxyl groups excluding tert-OH is 1. The lowest BCUT2D eigenvalue weighted by molar-refractivity contribution is 0.0817. The number of aliphatic hydroxyl groups is 1. The lowest BCUT2D eigenvalue weighted by Gasteiger charge is -2.27. The summed E-state index contributed by atoms with van der Waals surface area (Å²) in [4.78, 5) is 0. The largest absolute Gasteiger partial charge is 0.388 e. The summed E-state index contributed by atoms with van der Waals surface area (Å²) in [5, 5.41) is 10.6. The van der Waals surface area contributed by atoms with E-state index in [1.165, 1.54) is 12.5 Å². The summed E-state index contributed by atoms with van der Waals surface area (Å²) < 4.78 is 14.4. The van der Waals surface area contributed by atoms with Crippen LogP contribution in [0.4, 0.5) is 4.39 Å². The molecule has 0 saturated heterocycles. The van der Waals surface area contributed by atoms with Crippen LogP contribution in [-0.4, -0.2) is 5.11 Å². The van der Waals surface area contributed by atoms with Gasteiger partial charge in [0.2, 0.25) is 0 Å². The Labute approximate surface area is 114 Å².